The maximum absolute atomic E-state index is 11.9. The normalized spacial score (nSPS) is 24.1. The second kappa shape index (κ2) is 6.52. The van der Waals surface area contributed by atoms with Gasteiger partial charge in [0.1, 0.15) is 0 Å². The number of hydrogen-bond acceptors (Lipinski definition) is 6. The van der Waals surface area contributed by atoms with Gasteiger partial charge in [0, 0.05) is 0 Å². The third-order valence-corrected chi connectivity index (χ3v) is 8.02. The molecule has 0 saturated heterocycles. The average Bonchev–Trinajstić information content (AvgIpc) is 2.04. The molecule has 2 saturated carbocycles. The van der Waals surface area contributed by atoms with Crippen LogP contribution in [0.2, 0.25) is 0 Å². The Kier molecular flexibility index (Phi) is 5.33. The van der Waals surface area contributed by atoms with E-state index in [0.717, 1.165) is 38.5 Å². The van der Waals surface area contributed by atoms with Gasteiger partial charge in [0.05, 0.1) is 12.2 Å². The third kappa shape index (κ3) is 4.91. The van der Waals surface area contributed by atoms with Gasteiger partial charge < -0.3 is 0 Å². The van der Waals surface area contributed by atoms with Gasteiger partial charge in [-0.1, -0.05) is 12.8 Å². The lowest BCUT2D eigenvalue weighted by Crippen LogP contribution is -2.34. The maximum atomic E-state index is 11.9. The van der Waals surface area contributed by atoms with E-state index in [1.54, 1.807) is 13.8 Å². The van der Waals surface area contributed by atoms with Crippen LogP contribution in [0.25, 0.3) is 0 Å². The molecule has 2 aliphatic carbocycles. The fourth-order valence-electron chi connectivity index (χ4n) is 2.67. The van der Waals surface area contributed by atoms with E-state index in [1.165, 1.54) is 0 Å². The molecule has 0 radical (unpaired) electrons. The van der Waals surface area contributed by atoms with Crippen LogP contribution >= 0.6 is 0 Å². The second-order valence-corrected chi connectivity index (χ2v) is 9.78. The summed E-state index contributed by atoms with van der Waals surface area (Å²) < 4.78 is 57.4. The van der Waals surface area contributed by atoms with Gasteiger partial charge in [0.15, 0.2) is 0 Å². The molecule has 0 N–H and O–H groups in total. The largest absolute Gasteiger partial charge is 0.284 e. The van der Waals surface area contributed by atoms with Gasteiger partial charge in [-0.25, -0.2) is 0 Å². The molecule has 0 aromatic carbocycles. The van der Waals surface area contributed by atoms with Crippen molar-refractivity contribution in [3.8, 4) is 0 Å². The molecule has 0 aromatic heterocycles. The number of hydrogen-bond donors (Lipinski definition) is 0. The number of rotatable bonds is 8. The van der Waals surface area contributed by atoms with Gasteiger partial charge in [-0.3, -0.25) is 8.37 Å². The first-order valence-electron chi connectivity index (χ1n) is 7.50. The quantitative estimate of drug-likeness (QED) is 0.628. The van der Waals surface area contributed by atoms with Crippen molar-refractivity contribution in [3.05, 3.63) is 0 Å². The fourth-order valence-corrected chi connectivity index (χ4v) is 5.77. The summed E-state index contributed by atoms with van der Waals surface area (Å²) in [4.78, 5) is 0. The van der Waals surface area contributed by atoms with Crippen LogP contribution in [0.15, 0.2) is 0 Å². The smallest absolute Gasteiger partial charge is 0.266 e. The van der Waals surface area contributed by atoms with Crippen molar-refractivity contribution in [2.45, 2.75) is 64.6 Å². The lowest BCUT2D eigenvalue weighted by Gasteiger charge is -2.31. The highest BCUT2D eigenvalue weighted by atomic mass is 32.3. The molecule has 6 nitrogen and oxygen atoms in total. The van der Waals surface area contributed by atoms with Crippen molar-refractivity contribution >= 4 is 20.2 Å². The molecule has 2 rings (SSSR count). The summed E-state index contributed by atoms with van der Waals surface area (Å²) in [6, 6.07) is 0. The summed E-state index contributed by atoms with van der Waals surface area (Å²) in [6.07, 6.45) is 4.91. The second-order valence-electron chi connectivity index (χ2n) is 6.22. The summed E-state index contributed by atoms with van der Waals surface area (Å²) in [6.45, 7) is 3.34. The van der Waals surface area contributed by atoms with Crippen molar-refractivity contribution in [1.82, 2.24) is 0 Å². The van der Waals surface area contributed by atoms with Crippen LogP contribution in [0.1, 0.15) is 52.4 Å². The molecule has 0 amide bonds. The molecule has 2 aliphatic rings. The van der Waals surface area contributed by atoms with Crippen LogP contribution < -0.4 is 0 Å². The van der Waals surface area contributed by atoms with Crippen LogP contribution in [0.3, 0.4) is 0 Å². The third-order valence-electron chi connectivity index (χ3n) is 4.51. The summed E-state index contributed by atoms with van der Waals surface area (Å²) >= 11 is 0. The Hall–Kier alpha value is -0.180. The van der Waals surface area contributed by atoms with Crippen LogP contribution in [0, 0.1) is 11.8 Å². The Morgan fingerprint density at radius 2 is 1.14 bits per heavy atom. The first-order chi connectivity index (χ1) is 9.69. The SMILES string of the molecule is CC(OS(=O)(=O)CS(=O)(=O)OC(C)C1CCC1)C1CCC1. The molecule has 124 valence electrons. The molecule has 8 heteroatoms. The molecule has 0 aliphatic heterocycles. The fraction of sp³-hybridized carbons (Fsp3) is 1.00. The predicted octanol–water partition coefficient (Wildman–Crippen LogP) is 2.01. The lowest BCUT2D eigenvalue weighted by atomic mass is 9.82. The lowest BCUT2D eigenvalue weighted by molar-refractivity contribution is 0.102. The molecular formula is C13H24O6S2. The van der Waals surface area contributed by atoms with Gasteiger partial charge in [-0.2, -0.15) is 16.8 Å². The van der Waals surface area contributed by atoms with Gasteiger partial charge in [0.2, 0.25) is 5.08 Å². The van der Waals surface area contributed by atoms with E-state index in [9.17, 15) is 16.8 Å². The standard InChI is InChI=1S/C13H24O6S2/c1-10(12-5-3-6-12)18-20(14,15)9-21(16,17)19-11(2)13-7-4-8-13/h10-13H,3-9H2,1-2H3. The zero-order valence-corrected chi connectivity index (χ0v) is 14.2. The van der Waals surface area contributed by atoms with E-state index in [4.69, 9.17) is 8.37 Å². The topological polar surface area (TPSA) is 86.7 Å². The van der Waals surface area contributed by atoms with E-state index in [0.29, 0.717) is 0 Å². The van der Waals surface area contributed by atoms with Crippen molar-refractivity contribution in [1.29, 1.82) is 0 Å². The van der Waals surface area contributed by atoms with E-state index < -0.39 is 37.5 Å². The zero-order valence-electron chi connectivity index (χ0n) is 12.5. The van der Waals surface area contributed by atoms with Gasteiger partial charge in [-0.05, 0) is 51.4 Å². The Morgan fingerprint density at radius 3 is 1.38 bits per heavy atom. The maximum Gasteiger partial charge on any atom is 0.284 e. The van der Waals surface area contributed by atoms with Crippen LogP contribution in [0.5, 0.6) is 0 Å². The van der Waals surface area contributed by atoms with Crippen molar-refractivity contribution in [3.63, 3.8) is 0 Å². The molecule has 0 aromatic rings. The Morgan fingerprint density at radius 1 is 0.810 bits per heavy atom. The Bertz CT molecular complexity index is 495. The van der Waals surface area contributed by atoms with Crippen LogP contribution in [0.4, 0.5) is 0 Å². The Labute approximate surface area is 127 Å². The summed E-state index contributed by atoms with van der Waals surface area (Å²) in [7, 11) is -8.27. The van der Waals surface area contributed by atoms with Gasteiger partial charge >= 0.3 is 0 Å². The average molecular weight is 340 g/mol. The summed E-state index contributed by atoms with van der Waals surface area (Å²) in [5, 5.41) is -1.10. The van der Waals surface area contributed by atoms with Crippen molar-refractivity contribution in [2.75, 3.05) is 5.08 Å². The van der Waals surface area contributed by atoms with Crippen molar-refractivity contribution in [2.24, 2.45) is 11.8 Å². The van der Waals surface area contributed by atoms with E-state index in [2.05, 4.69) is 0 Å². The zero-order chi connectivity index (χ0) is 15.7. The molecule has 2 fully saturated rings. The van der Waals surface area contributed by atoms with Crippen LogP contribution in [-0.2, 0) is 28.6 Å². The molecule has 21 heavy (non-hydrogen) atoms. The van der Waals surface area contributed by atoms with Gasteiger partial charge in [0.25, 0.3) is 20.2 Å². The summed E-state index contributed by atoms with van der Waals surface area (Å²) in [5.41, 5.74) is 0. The minimum Gasteiger partial charge on any atom is -0.266 e. The molecular weight excluding hydrogens is 316 g/mol. The summed E-state index contributed by atoms with van der Waals surface area (Å²) in [5.74, 6) is 0.412. The van der Waals surface area contributed by atoms with Gasteiger partial charge in [-0.15, -0.1) is 0 Å². The highest BCUT2D eigenvalue weighted by Crippen LogP contribution is 2.33. The van der Waals surface area contributed by atoms with Crippen LogP contribution in [-0.4, -0.2) is 34.1 Å². The monoisotopic (exact) mass is 340 g/mol. The molecule has 0 spiro atoms. The minimum absolute atomic E-state index is 0.206. The first kappa shape index (κ1) is 17.2. The van der Waals surface area contributed by atoms with Crippen molar-refractivity contribution < 1.29 is 25.2 Å². The minimum atomic E-state index is -4.13. The highest BCUT2D eigenvalue weighted by molar-refractivity contribution is 8.03. The first-order valence-corrected chi connectivity index (χ1v) is 10.7. The molecule has 0 heterocycles. The molecule has 2 unspecified atom stereocenters. The predicted molar refractivity (Wildman–Crippen MR) is 78.5 cm³/mol. The van der Waals surface area contributed by atoms with E-state index in [1.807, 2.05) is 0 Å². The molecule has 2 atom stereocenters. The van der Waals surface area contributed by atoms with E-state index >= 15 is 0 Å². The van der Waals surface area contributed by atoms with E-state index in [-0.39, 0.29) is 11.8 Å². The molecule has 0 bridgehead atoms. The highest BCUT2D eigenvalue weighted by Gasteiger charge is 2.34. The Balaban J connectivity index is 1.87.